The topological polar surface area (TPSA) is 52.6 Å². The predicted octanol–water partition coefficient (Wildman–Crippen LogP) is 2.87. The van der Waals surface area contributed by atoms with Crippen LogP contribution in [0.1, 0.15) is 65.2 Å². The average Bonchev–Trinajstić information content (AvgIpc) is 3.21. The number of hydrogen-bond donors (Lipinski definition) is 2. The van der Waals surface area contributed by atoms with Crippen molar-refractivity contribution in [1.29, 1.82) is 0 Å². The number of carboxylic acids is 1. The van der Waals surface area contributed by atoms with Gasteiger partial charge in [0, 0.05) is 6.04 Å². The predicted molar refractivity (Wildman–Crippen MR) is 83.1 cm³/mol. The van der Waals surface area contributed by atoms with Crippen LogP contribution in [-0.2, 0) is 4.79 Å². The Labute approximate surface area is 123 Å². The molecule has 0 bridgehead atoms. The van der Waals surface area contributed by atoms with E-state index in [0.717, 1.165) is 38.8 Å². The van der Waals surface area contributed by atoms with Crippen LogP contribution in [0.4, 0.5) is 0 Å². The lowest BCUT2D eigenvalue weighted by molar-refractivity contribution is -0.145. The molecule has 1 aliphatic rings. The SMILES string of the molecule is CCCCCN(C)CCCC(CC)(NC1CC1)C(=O)O. The number of nitrogens with zero attached hydrogens (tertiary/aromatic N) is 1. The van der Waals surface area contributed by atoms with Gasteiger partial charge in [0.05, 0.1) is 0 Å². The standard InChI is InChI=1S/C16H32N2O2/c1-4-6-7-12-18(3)13-8-11-16(5-2,15(19)20)17-14-9-10-14/h14,17H,4-13H2,1-3H3,(H,19,20). The van der Waals surface area contributed by atoms with Gasteiger partial charge in [-0.25, -0.2) is 0 Å². The number of carboxylic acid groups (broad SMARTS) is 1. The van der Waals surface area contributed by atoms with Crippen molar-refractivity contribution < 1.29 is 9.90 Å². The van der Waals surface area contributed by atoms with Crippen molar-refractivity contribution in [2.45, 2.75) is 76.8 Å². The van der Waals surface area contributed by atoms with Gasteiger partial charge in [-0.15, -0.1) is 0 Å². The molecule has 1 rings (SSSR count). The van der Waals surface area contributed by atoms with Crippen LogP contribution in [0.2, 0.25) is 0 Å². The van der Waals surface area contributed by atoms with E-state index in [0.29, 0.717) is 12.5 Å². The van der Waals surface area contributed by atoms with E-state index < -0.39 is 11.5 Å². The fourth-order valence-electron chi connectivity index (χ4n) is 2.68. The summed E-state index contributed by atoms with van der Waals surface area (Å²) in [5.74, 6) is -0.680. The smallest absolute Gasteiger partial charge is 0.323 e. The zero-order chi connectivity index (χ0) is 15.0. The highest BCUT2D eigenvalue weighted by Gasteiger charge is 2.40. The van der Waals surface area contributed by atoms with Crippen LogP contribution in [-0.4, -0.2) is 47.7 Å². The molecule has 0 aromatic heterocycles. The molecular formula is C16H32N2O2. The van der Waals surface area contributed by atoms with Crippen LogP contribution in [0.15, 0.2) is 0 Å². The van der Waals surface area contributed by atoms with E-state index in [-0.39, 0.29) is 0 Å². The highest BCUT2D eigenvalue weighted by Crippen LogP contribution is 2.27. The molecule has 0 amide bonds. The summed E-state index contributed by atoms with van der Waals surface area (Å²) in [7, 11) is 2.14. The van der Waals surface area contributed by atoms with Gasteiger partial charge < -0.3 is 10.0 Å². The molecule has 1 atom stereocenters. The first-order valence-corrected chi connectivity index (χ1v) is 8.23. The Balaban J connectivity index is 2.32. The second-order valence-corrected chi connectivity index (χ2v) is 6.27. The molecule has 2 N–H and O–H groups in total. The minimum atomic E-state index is -0.703. The molecule has 0 aromatic carbocycles. The monoisotopic (exact) mass is 284 g/mol. The minimum Gasteiger partial charge on any atom is -0.480 e. The van der Waals surface area contributed by atoms with E-state index in [2.05, 4.69) is 24.2 Å². The van der Waals surface area contributed by atoms with Gasteiger partial charge in [-0.1, -0.05) is 26.7 Å². The number of nitrogens with one attached hydrogen (secondary N) is 1. The number of aliphatic carboxylic acids is 1. The largest absolute Gasteiger partial charge is 0.480 e. The van der Waals surface area contributed by atoms with Crippen molar-refractivity contribution >= 4 is 5.97 Å². The molecule has 0 saturated heterocycles. The maximum absolute atomic E-state index is 11.6. The van der Waals surface area contributed by atoms with E-state index in [9.17, 15) is 9.90 Å². The summed E-state index contributed by atoms with van der Waals surface area (Å²) in [6.07, 6.45) is 8.37. The maximum Gasteiger partial charge on any atom is 0.323 e. The van der Waals surface area contributed by atoms with Crippen LogP contribution in [0.3, 0.4) is 0 Å². The Morgan fingerprint density at radius 2 is 1.90 bits per heavy atom. The van der Waals surface area contributed by atoms with Crippen LogP contribution in [0, 0.1) is 0 Å². The number of unbranched alkanes of at least 4 members (excludes halogenated alkanes) is 2. The van der Waals surface area contributed by atoms with Gasteiger partial charge in [0.25, 0.3) is 0 Å². The number of carbonyl (C=O) groups is 1. The third kappa shape index (κ3) is 5.80. The molecule has 20 heavy (non-hydrogen) atoms. The highest BCUT2D eigenvalue weighted by molar-refractivity contribution is 5.78. The second-order valence-electron chi connectivity index (χ2n) is 6.27. The quantitative estimate of drug-likeness (QED) is 0.541. The van der Waals surface area contributed by atoms with Gasteiger partial charge >= 0.3 is 5.97 Å². The van der Waals surface area contributed by atoms with Crippen molar-refractivity contribution in [2.75, 3.05) is 20.1 Å². The second kappa shape index (κ2) is 8.63. The molecule has 0 heterocycles. The first kappa shape index (κ1) is 17.4. The average molecular weight is 284 g/mol. The summed E-state index contributed by atoms with van der Waals surface area (Å²) in [4.78, 5) is 14.0. The summed E-state index contributed by atoms with van der Waals surface area (Å²) >= 11 is 0. The molecule has 1 fully saturated rings. The Morgan fingerprint density at radius 1 is 1.25 bits per heavy atom. The zero-order valence-corrected chi connectivity index (χ0v) is 13.5. The molecule has 0 aromatic rings. The maximum atomic E-state index is 11.6. The van der Waals surface area contributed by atoms with Crippen LogP contribution >= 0.6 is 0 Å². The van der Waals surface area contributed by atoms with Crippen LogP contribution in [0.25, 0.3) is 0 Å². The first-order chi connectivity index (χ1) is 9.54. The van der Waals surface area contributed by atoms with E-state index in [1.807, 2.05) is 6.92 Å². The molecule has 4 heteroatoms. The Morgan fingerprint density at radius 3 is 2.40 bits per heavy atom. The number of hydrogen-bond acceptors (Lipinski definition) is 3. The lowest BCUT2D eigenvalue weighted by Crippen LogP contribution is -2.53. The van der Waals surface area contributed by atoms with Crippen molar-refractivity contribution in [1.82, 2.24) is 10.2 Å². The van der Waals surface area contributed by atoms with Gasteiger partial charge in [0.2, 0.25) is 0 Å². The van der Waals surface area contributed by atoms with Gasteiger partial charge in [-0.2, -0.15) is 0 Å². The summed E-state index contributed by atoms with van der Waals surface area (Å²) in [6, 6.07) is 0.438. The molecule has 0 radical (unpaired) electrons. The Hall–Kier alpha value is -0.610. The van der Waals surface area contributed by atoms with Gasteiger partial charge in [0.1, 0.15) is 5.54 Å². The van der Waals surface area contributed by atoms with Crippen molar-refractivity contribution in [2.24, 2.45) is 0 Å². The van der Waals surface area contributed by atoms with E-state index in [1.54, 1.807) is 0 Å². The van der Waals surface area contributed by atoms with Gasteiger partial charge in [-0.05, 0) is 58.7 Å². The normalized spacial score (nSPS) is 18.2. The molecular weight excluding hydrogens is 252 g/mol. The van der Waals surface area contributed by atoms with Gasteiger partial charge in [-0.3, -0.25) is 10.1 Å². The summed E-state index contributed by atoms with van der Waals surface area (Å²) < 4.78 is 0. The molecule has 1 saturated carbocycles. The molecule has 118 valence electrons. The summed E-state index contributed by atoms with van der Waals surface area (Å²) in [5, 5.41) is 12.9. The lowest BCUT2D eigenvalue weighted by Gasteiger charge is -2.30. The van der Waals surface area contributed by atoms with Crippen LogP contribution in [0.5, 0.6) is 0 Å². The summed E-state index contributed by atoms with van der Waals surface area (Å²) in [5.41, 5.74) is -0.703. The van der Waals surface area contributed by atoms with Crippen molar-refractivity contribution in [3.05, 3.63) is 0 Å². The molecule has 0 spiro atoms. The fraction of sp³-hybridized carbons (Fsp3) is 0.938. The molecule has 1 unspecified atom stereocenters. The minimum absolute atomic E-state index is 0.438. The summed E-state index contributed by atoms with van der Waals surface area (Å²) in [6.45, 7) is 6.31. The van der Waals surface area contributed by atoms with Crippen molar-refractivity contribution in [3.63, 3.8) is 0 Å². The number of rotatable bonds is 12. The third-order valence-corrected chi connectivity index (χ3v) is 4.36. The Kier molecular flexibility index (Phi) is 7.52. The Bertz CT molecular complexity index is 292. The fourth-order valence-corrected chi connectivity index (χ4v) is 2.68. The first-order valence-electron chi connectivity index (χ1n) is 8.23. The molecule has 1 aliphatic carbocycles. The zero-order valence-electron chi connectivity index (χ0n) is 13.5. The van der Waals surface area contributed by atoms with E-state index >= 15 is 0 Å². The van der Waals surface area contributed by atoms with E-state index in [4.69, 9.17) is 0 Å². The highest BCUT2D eigenvalue weighted by atomic mass is 16.4. The third-order valence-electron chi connectivity index (χ3n) is 4.36. The van der Waals surface area contributed by atoms with Gasteiger partial charge in [0.15, 0.2) is 0 Å². The van der Waals surface area contributed by atoms with Crippen molar-refractivity contribution in [3.8, 4) is 0 Å². The lowest BCUT2D eigenvalue weighted by atomic mass is 9.90. The molecule has 4 nitrogen and oxygen atoms in total. The van der Waals surface area contributed by atoms with E-state index in [1.165, 1.54) is 19.3 Å². The van der Waals surface area contributed by atoms with Crippen LogP contribution < -0.4 is 5.32 Å². The molecule has 0 aliphatic heterocycles.